The van der Waals surface area contributed by atoms with E-state index >= 15 is 0 Å². The van der Waals surface area contributed by atoms with Gasteiger partial charge < -0.3 is 20.1 Å². The van der Waals surface area contributed by atoms with Crippen LogP contribution in [0.15, 0.2) is 47.4 Å². The molecule has 2 atom stereocenters. The summed E-state index contributed by atoms with van der Waals surface area (Å²) in [7, 11) is -3.85. The summed E-state index contributed by atoms with van der Waals surface area (Å²) in [5.41, 5.74) is 0.500. The molecule has 2 amide bonds. The Bertz CT molecular complexity index is 1160. The second-order valence-electron chi connectivity index (χ2n) is 7.94. The van der Waals surface area contributed by atoms with E-state index in [1.54, 1.807) is 25.1 Å². The van der Waals surface area contributed by atoms with Crippen LogP contribution in [0.25, 0.3) is 0 Å². The molecule has 33 heavy (non-hydrogen) atoms. The van der Waals surface area contributed by atoms with E-state index < -0.39 is 39.6 Å². The molecule has 0 spiro atoms. The van der Waals surface area contributed by atoms with Gasteiger partial charge >= 0.3 is 0 Å². The number of carbonyl (C=O) groups excluding carboxylic acids is 2. The molecule has 11 heteroatoms. The number of sulfonamides is 1. The lowest BCUT2D eigenvalue weighted by Gasteiger charge is -2.31. The van der Waals surface area contributed by atoms with Gasteiger partial charge in [0.2, 0.25) is 28.6 Å². The molecule has 9 nitrogen and oxygen atoms in total. The predicted molar refractivity (Wildman–Crippen MR) is 117 cm³/mol. The van der Waals surface area contributed by atoms with Gasteiger partial charge in [0.15, 0.2) is 11.5 Å². The fourth-order valence-corrected chi connectivity index (χ4v) is 5.28. The summed E-state index contributed by atoms with van der Waals surface area (Å²) < 4.78 is 50.6. The molecule has 0 saturated carbocycles. The van der Waals surface area contributed by atoms with E-state index in [0.717, 1.165) is 12.1 Å². The molecule has 2 aliphatic heterocycles. The maximum atomic E-state index is 13.2. The topological polar surface area (TPSA) is 114 Å². The maximum Gasteiger partial charge on any atom is 0.246 e. The van der Waals surface area contributed by atoms with Crippen LogP contribution in [0.1, 0.15) is 19.8 Å². The van der Waals surface area contributed by atoms with Crippen molar-refractivity contribution >= 4 is 27.5 Å². The molecule has 176 valence electrons. The molecule has 0 unspecified atom stereocenters. The van der Waals surface area contributed by atoms with Gasteiger partial charge in [0.25, 0.3) is 0 Å². The highest BCUT2D eigenvalue weighted by Gasteiger charge is 2.34. The second-order valence-corrected chi connectivity index (χ2v) is 9.88. The van der Waals surface area contributed by atoms with Crippen LogP contribution < -0.4 is 20.1 Å². The van der Waals surface area contributed by atoms with Crippen LogP contribution in [0.4, 0.5) is 10.1 Å². The quantitative estimate of drug-likeness (QED) is 0.659. The van der Waals surface area contributed by atoms with Gasteiger partial charge in [0, 0.05) is 24.8 Å². The van der Waals surface area contributed by atoms with Gasteiger partial charge in [-0.3, -0.25) is 9.59 Å². The van der Waals surface area contributed by atoms with Gasteiger partial charge in [-0.1, -0.05) is 0 Å². The molecule has 4 rings (SSSR count). The monoisotopic (exact) mass is 477 g/mol. The molecule has 0 bridgehead atoms. The molecule has 2 aromatic carbocycles. The first kappa shape index (κ1) is 23.0. The van der Waals surface area contributed by atoms with E-state index in [0.29, 0.717) is 30.0 Å². The zero-order chi connectivity index (χ0) is 23.6. The minimum atomic E-state index is -3.85. The zero-order valence-corrected chi connectivity index (χ0v) is 18.7. The SMILES string of the molecule is C[C@@H](NC(=O)[C@H]1CCCN(S(=O)(=O)c2ccc(F)cc2)C1)C(=O)Nc1ccc2c(c1)OCO2. The van der Waals surface area contributed by atoms with Crippen LogP contribution in [0.3, 0.4) is 0 Å². The molecular weight excluding hydrogens is 453 g/mol. The number of hydrogen-bond acceptors (Lipinski definition) is 6. The molecule has 2 aliphatic rings. The molecule has 1 saturated heterocycles. The first-order valence-electron chi connectivity index (χ1n) is 10.5. The summed E-state index contributed by atoms with van der Waals surface area (Å²) in [4.78, 5) is 25.3. The molecule has 0 radical (unpaired) electrons. The summed E-state index contributed by atoms with van der Waals surface area (Å²) in [6, 6.07) is 8.72. The number of piperidine rings is 1. The number of nitrogens with zero attached hydrogens (tertiary/aromatic N) is 1. The number of rotatable bonds is 6. The molecule has 1 fully saturated rings. The number of ether oxygens (including phenoxy) is 2. The van der Waals surface area contributed by atoms with Gasteiger partial charge in [-0.05, 0) is 56.2 Å². The third-order valence-electron chi connectivity index (χ3n) is 5.60. The number of hydrogen-bond donors (Lipinski definition) is 2. The molecule has 2 heterocycles. The predicted octanol–water partition coefficient (Wildman–Crippen LogP) is 2.10. The smallest absolute Gasteiger partial charge is 0.246 e. The molecule has 0 aliphatic carbocycles. The maximum absolute atomic E-state index is 13.2. The van der Waals surface area contributed by atoms with Crippen molar-refractivity contribution in [3.8, 4) is 11.5 Å². The van der Waals surface area contributed by atoms with Crippen molar-refractivity contribution in [3.05, 3.63) is 48.3 Å². The standard InChI is InChI=1S/C22H24FN3O6S/c1-14(21(27)25-17-6-9-19-20(11-17)32-13-31-19)24-22(28)15-3-2-10-26(12-15)33(29,30)18-7-4-16(23)5-8-18/h4-9,11,14-15H,2-3,10,12-13H2,1H3,(H,24,28)(H,25,27)/t14-,15+/m1/s1. The van der Waals surface area contributed by atoms with Crippen molar-refractivity contribution in [2.45, 2.75) is 30.7 Å². The average molecular weight is 478 g/mol. The van der Waals surface area contributed by atoms with E-state index in [4.69, 9.17) is 9.47 Å². The Morgan fingerprint density at radius 2 is 1.85 bits per heavy atom. The van der Waals surface area contributed by atoms with Gasteiger partial charge in [-0.2, -0.15) is 4.31 Å². The van der Waals surface area contributed by atoms with Crippen LogP contribution in [-0.4, -0.2) is 50.5 Å². The Morgan fingerprint density at radius 3 is 2.61 bits per heavy atom. The lowest BCUT2D eigenvalue weighted by molar-refractivity contribution is -0.129. The third-order valence-corrected chi connectivity index (χ3v) is 7.48. The lowest BCUT2D eigenvalue weighted by atomic mass is 9.98. The summed E-state index contributed by atoms with van der Waals surface area (Å²) in [5, 5.41) is 5.38. The normalized spacial score (nSPS) is 19.0. The number of carbonyl (C=O) groups is 2. The molecule has 2 N–H and O–H groups in total. The molecule has 2 aromatic rings. The van der Waals surface area contributed by atoms with Crippen molar-refractivity contribution in [1.29, 1.82) is 0 Å². The first-order chi connectivity index (χ1) is 15.7. The fraction of sp³-hybridized carbons (Fsp3) is 0.364. The molecular formula is C22H24FN3O6S. The van der Waals surface area contributed by atoms with Gasteiger partial charge in [-0.15, -0.1) is 0 Å². The first-order valence-corrected chi connectivity index (χ1v) is 11.9. The van der Waals surface area contributed by atoms with E-state index in [1.165, 1.54) is 16.4 Å². The van der Waals surface area contributed by atoms with Crippen LogP contribution >= 0.6 is 0 Å². The number of amides is 2. The van der Waals surface area contributed by atoms with Crippen molar-refractivity contribution in [3.63, 3.8) is 0 Å². The van der Waals surface area contributed by atoms with E-state index in [2.05, 4.69) is 10.6 Å². The largest absolute Gasteiger partial charge is 0.454 e. The number of benzene rings is 2. The Labute approximate surface area is 190 Å². The van der Waals surface area contributed by atoms with Crippen molar-refractivity contribution in [2.24, 2.45) is 5.92 Å². The van der Waals surface area contributed by atoms with E-state index in [9.17, 15) is 22.4 Å². The van der Waals surface area contributed by atoms with Crippen LogP contribution in [-0.2, 0) is 19.6 Å². The van der Waals surface area contributed by atoms with Gasteiger partial charge in [0.1, 0.15) is 11.9 Å². The number of fused-ring (bicyclic) bond motifs is 1. The van der Waals surface area contributed by atoms with Gasteiger partial charge in [0.05, 0.1) is 10.8 Å². The van der Waals surface area contributed by atoms with Crippen LogP contribution in [0, 0.1) is 11.7 Å². The number of nitrogens with one attached hydrogen (secondary N) is 2. The van der Waals surface area contributed by atoms with Crippen LogP contribution in [0.2, 0.25) is 0 Å². The second kappa shape index (κ2) is 9.36. The lowest BCUT2D eigenvalue weighted by Crippen LogP contribution is -2.49. The van der Waals surface area contributed by atoms with Crippen LogP contribution in [0.5, 0.6) is 11.5 Å². The highest BCUT2D eigenvalue weighted by Crippen LogP contribution is 2.34. The fourth-order valence-electron chi connectivity index (χ4n) is 3.75. The van der Waals surface area contributed by atoms with Gasteiger partial charge in [-0.25, -0.2) is 12.8 Å². The number of anilines is 1. The Kier molecular flexibility index (Phi) is 6.52. The summed E-state index contributed by atoms with van der Waals surface area (Å²) in [6.07, 6.45) is 0.994. The summed E-state index contributed by atoms with van der Waals surface area (Å²) in [6.45, 7) is 1.93. The Hall–Kier alpha value is -3.18. The minimum Gasteiger partial charge on any atom is -0.454 e. The van der Waals surface area contributed by atoms with E-state index in [1.807, 2.05) is 0 Å². The zero-order valence-electron chi connectivity index (χ0n) is 17.9. The highest BCUT2D eigenvalue weighted by atomic mass is 32.2. The third kappa shape index (κ3) is 5.09. The summed E-state index contributed by atoms with van der Waals surface area (Å²) in [5.74, 6) is -0.843. The van der Waals surface area contributed by atoms with E-state index in [-0.39, 0.29) is 24.8 Å². The van der Waals surface area contributed by atoms with Crippen molar-refractivity contribution in [1.82, 2.24) is 9.62 Å². The molecule has 0 aromatic heterocycles. The van der Waals surface area contributed by atoms with Crippen molar-refractivity contribution < 1.29 is 31.9 Å². The minimum absolute atomic E-state index is 0.0119. The Balaban J connectivity index is 1.35. The highest BCUT2D eigenvalue weighted by molar-refractivity contribution is 7.89. The average Bonchev–Trinajstić information content (AvgIpc) is 3.27. The number of halogens is 1. The summed E-state index contributed by atoms with van der Waals surface area (Å²) >= 11 is 0. The van der Waals surface area contributed by atoms with Crippen molar-refractivity contribution in [2.75, 3.05) is 25.2 Å². The Morgan fingerprint density at radius 1 is 1.12 bits per heavy atom.